The van der Waals surface area contributed by atoms with Gasteiger partial charge in [-0.2, -0.15) is 13.2 Å². The van der Waals surface area contributed by atoms with Crippen LogP contribution in [0.5, 0.6) is 0 Å². The third kappa shape index (κ3) is 7.12. The number of alkyl halides is 3. The SMILES string of the molecule is Cc1ccc2ccccc2c1CN(Cc1ccc(C(F)(F)F)o1)Cc1ccc(-c2cncc(S(=O)(=O)CC(=O)O)c2)cc1Cl. The highest BCUT2D eigenvalue weighted by atomic mass is 35.5. The van der Waals surface area contributed by atoms with Crippen molar-refractivity contribution in [1.29, 1.82) is 0 Å². The predicted molar refractivity (Wildman–Crippen MR) is 160 cm³/mol. The summed E-state index contributed by atoms with van der Waals surface area (Å²) in [6.45, 7) is 2.70. The number of aromatic nitrogens is 1. The Kier molecular flexibility index (Phi) is 8.83. The van der Waals surface area contributed by atoms with Crippen molar-refractivity contribution < 1.29 is 35.9 Å². The van der Waals surface area contributed by atoms with Gasteiger partial charge in [0.2, 0.25) is 5.76 Å². The summed E-state index contributed by atoms with van der Waals surface area (Å²) in [5.41, 5.74) is 3.69. The second kappa shape index (κ2) is 12.4. The summed E-state index contributed by atoms with van der Waals surface area (Å²) in [7, 11) is -4.09. The molecule has 3 aromatic carbocycles. The van der Waals surface area contributed by atoms with Gasteiger partial charge in [-0.25, -0.2) is 8.42 Å². The highest BCUT2D eigenvalue weighted by molar-refractivity contribution is 7.92. The number of hydrogen-bond acceptors (Lipinski definition) is 6. The van der Waals surface area contributed by atoms with Crippen molar-refractivity contribution in [2.45, 2.75) is 37.6 Å². The average Bonchev–Trinajstić information content (AvgIpc) is 3.44. The van der Waals surface area contributed by atoms with Crippen LogP contribution in [0.2, 0.25) is 5.02 Å². The lowest BCUT2D eigenvalue weighted by Crippen LogP contribution is -2.23. The van der Waals surface area contributed by atoms with Gasteiger partial charge in [0.1, 0.15) is 5.76 Å². The normalized spacial score (nSPS) is 12.2. The van der Waals surface area contributed by atoms with Crippen molar-refractivity contribution in [1.82, 2.24) is 9.88 Å². The summed E-state index contributed by atoms with van der Waals surface area (Å²) >= 11 is 6.70. The maximum absolute atomic E-state index is 13.2. The van der Waals surface area contributed by atoms with Gasteiger partial charge in [0.25, 0.3) is 0 Å². The Morgan fingerprint density at radius 3 is 2.43 bits per heavy atom. The molecule has 0 spiro atoms. The molecule has 1 N–H and O–H groups in total. The number of carboxylic acids is 1. The molecular formula is C32H26ClF3N2O5S. The summed E-state index contributed by atoms with van der Waals surface area (Å²) in [5, 5.41) is 11.4. The highest BCUT2D eigenvalue weighted by Gasteiger charge is 2.35. The summed E-state index contributed by atoms with van der Waals surface area (Å²) < 4.78 is 69.7. The summed E-state index contributed by atoms with van der Waals surface area (Å²) in [4.78, 5) is 16.7. The standard InChI is InChI=1S/C32H26ClF3N2O5S/c1-20-6-7-21-4-2-3-5-27(21)28(20)18-38(17-25-10-11-30(43-25)32(34,35)36)16-23-9-8-22(13-29(23)33)24-12-26(15-37-14-24)44(41,42)19-31(39)40/h2-15H,16-19H2,1H3,(H,39,40). The molecule has 0 amide bonds. The van der Waals surface area contributed by atoms with Gasteiger partial charge in [0, 0.05) is 36.1 Å². The zero-order chi connectivity index (χ0) is 31.6. The zero-order valence-electron chi connectivity index (χ0n) is 23.3. The van der Waals surface area contributed by atoms with Gasteiger partial charge >= 0.3 is 12.1 Å². The molecule has 5 rings (SSSR count). The van der Waals surface area contributed by atoms with Gasteiger partial charge in [-0.3, -0.25) is 14.7 Å². The van der Waals surface area contributed by atoms with E-state index in [2.05, 4.69) is 4.98 Å². The lowest BCUT2D eigenvalue weighted by atomic mass is 9.99. The summed E-state index contributed by atoms with van der Waals surface area (Å²) in [6.07, 6.45) is -2.08. The predicted octanol–water partition coefficient (Wildman–Crippen LogP) is 7.54. The van der Waals surface area contributed by atoms with E-state index >= 15 is 0 Å². The molecule has 5 aromatic rings. The quantitative estimate of drug-likeness (QED) is 0.168. The Morgan fingerprint density at radius 1 is 0.955 bits per heavy atom. The van der Waals surface area contributed by atoms with E-state index in [1.54, 1.807) is 18.2 Å². The first-order chi connectivity index (χ1) is 20.8. The van der Waals surface area contributed by atoms with Crippen LogP contribution in [0.3, 0.4) is 0 Å². The number of halogens is 4. The smallest absolute Gasteiger partial charge is 0.449 e. The first-order valence-corrected chi connectivity index (χ1v) is 15.4. The molecule has 12 heteroatoms. The third-order valence-corrected chi connectivity index (χ3v) is 9.06. The molecule has 0 atom stereocenters. The lowest BCUT2D eigenvalue weighted by Gasteiger charge is -2.24. The lowest BCUT2D eigenvalue weighted by molar-refractivity contribution is -0.153. The van der Waals surface area contributed by atoms with Gasteiger partial charge in [-0.05, 0) is 64.2 Å². The third-order valence-electron chi connectivity index (χ3n) is 7.14. The van der Waals surface area contributed by atoms with Crippen LogP contribution in [0, 0.1) is 6.92 Å². The fourth-order valence-corrected chi connectivity index (χ4v) is 6.23. The molecule has 0 radical (unpaired) electrons. The molecule has 228 valence electrons. The minimum Gasteiger partial charge on any atom is -0.480 e. The van der Waals surface area contributed by atoms with Crippen molar-refractivity contribution in [2.24, 2.45) is 0 Å². The van der Waals surface area contributed by atoms with Gasteiger partial charge in [0.05, 0.1) is 11.4 Å². The van der Waals surface area contributed by atoms with E-state index in [4.69, 9.17) is 21.1 Å². The average molecular weight is 643 g/mol. The molecule has 0 saturated heterocycles. The number of carboxylic acid groups (broad SMARTS) is 1. The van der Waals surface area contributed by atoms with E-state index in [-0.39, 0.29) is 23.7 Å². The van der Waals surface area contributed by atoms with Crippen LogP contribution in [0.4, 0.5) is 13.2 Å². The molecular weight excluding hydrogens is 617 g/mol. The van der Waals surface area contributed by atoms with Gasteiger partial charge < -0.3 is 9.52 Å². The molecule has 2 aromatic heterocycles. The van der Waals surface area contributed by atoms with Crippen LogP contribution in [-0.2, 0) is 40.4 Å². The first-order valence-electron chi connectivity index (χ1n) is 13.3. The fraction of sp³-hybridized carbons (Fsp3) is 0.188. The van der Waals surface area contributed by atoms with E-state index < -0.39 is 33.5 Å². The molecule has 44 heavy (non-hydrogen) atoms. The molecule has 0 aliphatic rings. The van der Waals surface area contributed by atoms with Gasteiger partial charge in [-0.1, -0.05) is 60.1 Å². The Bertz CT molecular complexity index is 1960. The number of hydrogen-bond donors (Lipinski definition) is 1. The second-order valence-electron chi connectivity index (χ2n) is 10.4. The molecule has 0 unspecified atom stereocenters. The minimum absolute atomic E-state index is 0.0736. The Morgan fingerprint density at radius 2 is 1.73 bits per heavy atom. The number of nitrogens with zero attached hydrogens (tertiary/aromatic N) is 2. The monoisotopic (exact) mass is 642 g/mol. The van der Waals surface area contributed by atoms with Crippen LogP contribution in [-0.4, -0.2) is 35.1 Å². The molecule has 0 saturated carbocycles. The van der Waals surface area contributed by atoms with Gasteiger partial charge in [0.15, 0.2) is 15.6 Å². The van der Waals surface area contributed by atoms with E-state index in [9.17, 15) is 26.4 Å². The second-order valence-corrected chi connectivity index (χ2v) is 12.8. The maximum atomic E-state index is 13.2. The number of furan rings is 1. The topological polar surface area (TPSA) is 101 Å². The Labute approximate surface area is 256 Å². The van der Waals surface area contributed by atoms with Crippen molar-refractivity contribution in [3.05, 3.63) is 118 Å². The molecule has 0 aliphatic carbocycles. The summed E-state index contributed by atoms with van der Waals surface area (Å²) in [5.74, 6) is -3.47. The number of pyridine rings is 1. The fourth-order valence-electron chi connectivity index (χ4n) is 4.97. The number of rotatable bonds is 10. The molecule has 0 fully saturated rings. The number of aryl methyl sites for hydroxylation is 1. The van der Waals surface area contributed by atoms with Crippen LogP contribution in [0.25, 0.3) is 21.9 Å². The van der Waals surface area contributed by atoms with E-state index in [1.165, 1.54) is 18.3 Å². The van der Waals surface area contributed by atoms with Gasteiger partial charge in [-0.15, -0.1) is 0 Å². The van der Waals surface area contributed by atoms with Crippen LogP contribution < -0.4 is 0 Å². The molecule has 2 heterocycles. The number of aliphatic carboxylic acids is 1. The van der Waals surface area contributed by atoms with E-state index in [1.807, 2.05) is 48.2 Å². The van der Waals surface area contributed by atoms with E-state index in [0.29, 0.717) is 28.3 Å². The van der Waals surface area contributed by atoms with Crippen LogP contribution in [0.1, 0.15) is 28.2 Å². The first kappa shape index (κ1) is 31.2. The number of sulfone groups is 1. The van der Waals surface area contributed by atoms with Crippen molar-refractivity contribution in [3.63, 3.8) is 0 Å². The van der Waals surface area contributed by atoms with Crippen LogP contribution >= 0.6 is 11.6 Å². The highest BCUT2D eigenvalue weighted by Crippen LogP contribution is 2.33. The van der Waals surface area contributed by atoms with Crippen LogP contribution in [0.15, 0.2) is 94.5 Å². The largest absolute Gasteiger partial charge is 0.480 e. The number of carbonyl (C=O) groups is 1. The van der Waals surface area contributed by atoms with Crippen molar-refractivity contribution in [2.75, 3.05) is 5.75 Å². The van der Waals surface area contributed by atoms with Crippen molar-refractivity contribution in [3.8, 4) is 11.1 Å². The van der Waals surface area contributed by atoms with E-state index in [0.717, 1.165) is 34.2 Å². The minimum atomic E-state index is -4.60. The molecule has 0 aliphatic heterocycles. The molecule has 7 nitrogen and oxygen atoms in total. The number of fused-ring (bicyclic) bond motifs is 1. The zero-order valence-corrected chi connectivity index (χ0v) is 24.9. The Balaban J connectivity index is 1.46. The maximum Gasteiger partial charge on any atom is 0.449 e. The van der Waals surface area contributed by atoms with Crippen molar-refractivity contribution >= 4 is 38.2 Å². The Hall–Kier alpha value is -4.19. The summed E-state index contributed by atoms with van der Waals surface area (Å²) in [6, 6.07) is 20.6. The molecule has 0 bridgehead atoms. The number of benzene rings is 3.